The van der Waals surface area contributed by atoms with Crippen LogP contribution in [-0.4, -0.2) is 59.9 Å². The number of aromatic nitrogens is 1. The van der Waals surface area contributed by atoms with Crippen LogP contribution in [0, 0.1) is 5.82 Å². The van der Waals surface area contributed by atoms with Crippen LogP contribution >= 0.6 is 0 Å². The third-order valence-corrected chi connectivity index (χ3v) is 8.38. The predicted octanol–water partition coefficient (Wildman–Crippen LogP) is 5.23. The van der Waals surface area contributed by atoms with Gasteiger partial charge in [-0.15, -0.1) is 0 Å². The summed E-state index contributed by atoms with van der Waals surface area (Å²) in [7, 11) is 1.85. The van der Waals surface area contributed by atoms with Gasteiger partial charge in [-0.1, -0.05) is 13.0 Å². The van der Waals surface area contributed by atoms with Gasteiger partial charge in [0, 0.05) is 30.8 Å². The van der Waals surface area contributed by atoms with Gasteiger partial charge in [0.1, 0.15) is 17.7 Å². The van der Waals surface area contributed by atoms with Gasteiger partial charge < -0.3 is 19.9 Å². The number of benzene rings is 1. The van der Waals surface area contributed by atoms with E-state index in [0.717, 1.165) is 74.1 Å². The molecule has 1 aromatic carbocycles. The molecule has 1 unspecified atom stereocenters. The molecule has 7 nitrogen and oxygen atoms in total. The number of rotatable bonds is 10. The molecule has 1 aromatic heterocycles. The van der Waals surface area contributed by atoms with E-state index in [4.69, 9.17) is 14.5 Å². The molecule has 8 heteroatoms. The fourth-order valence-electron chi connectivity index (χ4n) is 6.42. The Bertz CT molecular complexity index is 1140. The van der Waals surface area contributed by atoms with Crippen molar-refractivity contribution >= 4 is 11.8 Å². The molecule has 1 aliphatic carbocycles. The van der Waals surface area contributed by atoms with Gasteiger partial charge in [0.05, 0.1) is 19.3 Å². The minimum atomic E-state index is -0.950. The molecule has 3 heterocycles. The quantitative estimate of drug-likeness (QED) is 0.411. The molecule has 0 radical (unpaired) electrons. The van der Waals surface area contributed by atoms with Crippen LogP contribution < -0.4 is 5.32 Å². The summed E-state index contributed by atoms with van der Waals surface area (Å²) in [6.45, 7) is 4.54. The number of likely N-dealkylation sites (N-methyl/N-ethyl adjacent to an activating group) is 1. The van der Waals surface area contributed by atoms with Crippen LogP contribution in [0.5, 0.6) is 0 Å². The van der Waals surface area contributed by atoms with E-state index in [1.807, 2.05) is 18.9 Å². The largest absolute Gasteiger partial charge is 0.480 e. The summed E-state index contributed by atoms with van der Waals surface area (Å²) in [6.07, 6.45) is 7.89. The van der Waals surface area contributed by atoms with Crippen molar-refractivity contribution in [2.75, 3.05) is 32.1 Å². The zero-order chi connectivity index (χ0) is 26.6. The molecule has 206 valence electrons. The molecule has 1 saturated carbocycles. The maximum atomic E-state index is 14.5. The Kier molecular flexibility index (Phi) is 8.61. The van der Waals surface area contributed by atoms with Crippen LogP contribution in [0.1, 0.15) is 85.4 Å². The predicted molar refractivity (Wildman–Crippen MR) is 144 cm³/mol. The van der Waals surface area contributed by atoms with Crippen LogP contribution in [0.3, 0.4) is 0 Å². The van der Waals surface area contributed by atoms with Crippen LogP contribution in [-0.2, 0) is 33.7 Å². The van der Waals surface area contributed by atoms with E-state index < -0.39 is 17.8 Å². The average Bonchev–Trinajstić information content (AvgIpc) is 3.37. The van der Waals surface area contributed by atoms with Crippen molar-refractivity contribution < 1.29 is 23.8 Å². The smallest absolute Gasteiger partial charge is 0.325 e. The summed E-state index contributed by atoms with van der Waals surface area (Å²) in [5.41, 5.74) is 4.68. The van der Waals surface area contributed by atoms with E-state index >= 15 is 0 Å². The number of halogens is 1. The fourth-order valence-corrected chi connectivity index (χ4v) is 6.42. The second-order valence-electron chi connectivity index (χ2n) is 11.1. The standard InChI is InChI=1S/C30H40FN3O4/c1-19-17-37-18-21-14-22(31)15-26(27(19)21)28(30(35)36)34(2)24-10-11-25(16-24)38-13-4-3-7-23-9-8-20-6-5-12-32-29(20)33-23/h8-9,14-15,19,24-25,28H,3-7,10-13,16-18H2,1-2H3,(H,32,33)(H,35,36)/t19-,24-,25-,28?/m0/s1. The van der Waals surface area contributed by atoms with Crippen LogP contribution in [0.15, 0.2) is 24.3 Å². The summed E-state index contributed by atoms with van der Waals surface area (Å²) in [5, 5.41) is 13.6. The molecule has 2 aromatic rings. The monoisotopic (exact) mass is 525 g/mol. The number of nitrogens with zero attached hydrogens (tertiary/aromatic N) is 2. The van der Waals surface area contributed by atoms with Crippen LogP contribution in [0.4, 0.5) is 10.2 Å². The average molecular weight is 526 g/mol. The minimum Gasteiger partial charge on any atom is -0.480 e. The highest BCUT2D eigenvalue weighted by molar-refractivity contribution is 5.76. The number of unbranched alkanes of at least 4 members (excludes halogenated alkanes) is 1. The Morgan fingerprint density at radius 1 is 1.29 bits per heavy atom. The zero-order valence-electron chi connectivity index (χ0n) is 22.5. The molecule has 0 amide bonds. The van der Waals surface area contributed by atoms with Gasteiger partial charge in [-0.25, -0.2) is 9.37 Å². The molecule has 0 saturated heterocycles. The number of aryl methyl sites for hydroxylation is 2. The first-order chi connectivity index (χ1) is 18.4. The number of carbonyl (C=O) groups is 1. The van der Waals surface area contributed by atoms with Crippen molar-refractivity contribution in [2.45, 2.75) is 89.0 Å². The van der Waals surface area contributed by atoms with Crippen molar-refractivity contribution in [3.63, 3.8) is 0 Å². The number of carboxylic acid groups (broad SMARTS) is 1. The number of fused-ring (bicyclic) bond motifs is 2. The van der Waals surface area contributed by atoms with Gasteiger partial charge in [0.2, 0.25) is 0 Å². The van der Waals surface area contributed by atoms with Crippen molar-refractivity contribution in [3.8, 4) is 0 Å². The first kappa shape index (κ1) is 27.0. The highest BCUT2D eigenvalue weighted by Crippen LogP contribution is 2.38. The number of nitrogens with one attached hydrogen (secondary N) is 1. The van der Waals surface area contributed by atoms with Gasteiger partial charge >= 0.3 is 5.97 Å². The number of ether oxygens (including phenoxy) is 2. The summed E-state index contributed by atoms with van der Waals surface area (Å²) in [5.74, 6) is -0.288. The lowest BCUT2D eigenvalue weighted by molar-refractivity contribution is -0.144. The van der Waals surface area contributed by atoms with Crippen LogP contribution in [0.2, 0.25) is 0 Å². The molecule has 38 heavy (non-hydrogen) atoms. The van der Waals surface area contributed by atoms with E-state index in [2.05, 4.69) is 17.4 Å². The van der Waals surface area contributed by atoms with Gasteiger partial charge in [-0.2, -0.15) is 0 Å². The summed E-state index contributed by atoms with van der Waals surface area (Å²) < 4.78 is 26.3. The number of carboxylic acids is 1. The Balaban J connectivity index is 1.13. The third kappa shape index (κ3) is 6.03. The maximum Gasteiger partial charge on any atom is 0.325 e. The molecule has 4 atom stereocenters. The van der Waals surface area contributed by atoms with Crippen molar-refractivity contribution in [1.82, 2.24) is 9.88 Å². The number of pyridine rings is 1. The van der Waals surface area contributed by atoms with Gasteiger partial charge in [0.25, 0.3) is 0 Å². The second kappa shape index (κ2) is 12.1. The highest BCUT2D eigenvalue weighted by Gasteiger charge is 2.38. The lowest BCUT2D eigenvalue weighted by atomic mass is 9.86. The van der Waals surface area contributed by atoms with Crippen LogP contribution in [0.25, 0.3) is 0 Å². The Hall–Kier alpha value is -2.55. The normalized spacial score (nSPS) is 23.5. The summed E-state index contributed by atoms with van der Waals surface area (Å²) >= 11 is 0. The van der Waals surface area contributed by atoms with Crippen molar-refractivity contribution in [1.29, 1.82) is 0 Å². The third-order valence-electron chi connectivity index (χ3n) is 8.38. The number of anilines is 1. The first-order valence-corrected chi connectivity index (χ1v) is 14.1. The lowest BCUT2D eigenvalue weighted by Gasteiger charge is -2.34. The molecular weight excluding hydrogens is 485 g/mol. The van der Waals surface area contributed by atoms with E-state index in [1.165, 1.54) is 24.1 Å². The fraction of sp³-hybridized carbons (Fsp3) is 0.600. The summed E-state index contributed by atoms with van der Waals surface area (Å²) in [6, 6.07) is 6.41. The second-order valence-corrected chi connectivity index (χ2v) is 11.1. The lowest BCUT2D eigenvalue weighted by Crippen LogP contribution is -2.39. The van der Waals surface area contributed by atoms with Gasteiger partial charge in [0.15, 0.2) is 0 Å². The molecule has 0 spiro atoms. The number of aliphatic carboxylic acids is 1. The number of hydrogen-bond acceptors (Lipinski definition) is 6. The van der Waals surface area contributed by atoms with Crippen molar-refractivity contribution in [2.24, 2.45) is 0 Å². The van der Waals surface area contributed by atoms with E-state index in [-0.39, 0.29) is 18.1 Å². The molecular formula is C30H40FN3O4. The summed E-state index contributed by atoms with van der Waals surface area (Å²) in [4.78, 5) is 19.2. The SMILES string of the molecule is C[C@H]1COCc2cc(F)cc(C(C(=O)O)N(C)[C@H]3CC[C@H](OCCCCc4ccc5c(n4)NCCC5)C3)c21. The van der Waals surface area contributed by atoms with Gasteiger partial charge in [-0.3, -0.25) is 9.69 Å². The highest BCUT2D eigenvalue weighted by atomic mass is 19.1. The molecule has 5 rings (SSSR count). The maximum absolute atomic E-state index is 14.5. The molecule has 2 N–H and O–H groups in total. The zero-order valence-corrected chi connectivity index (χ0v) is 22.5. The first-order valence-electron chi connectivity index (χ1n) is 14.1. The van der Waals surface area contributed by atoms with E-state index in [1.54, 1.807) is 0 Å². The number of hydrogen-bond donors (Lipinski definition) is 2. The molecule has 2 aliphatic heterocycles. The van der Waals surface area contributed by atoms with E-state index in [0.29, 0.717) is 25.4 Å². The topological polar surface area (TPSA) is 83.9 Å². The Labute approximate surface area is 224 Å². The van der Waals surface area contributed by atoms with Crippen molar-refractivity contribution in [3.05, 3.63) is 58.0 Å². The minimum absolute atomic E-state index is 0.0250. The Morgan fingerprint density at radius 3 is 3.00 bits per heavy atom. The van der Waals surface area contributed by atoms with Gasteiger partial charge in [-0.05, 0) is 98.9 Å². The molecule has 3 aliphatic rings. The molecule has 0 bridgehead atoms. The molecule has 1 fully saturated rings. The Morgan fingerprint density at radius 2 is 2.16 bits per heavy atom. The van der Waals surface area contributed by atoms with E-state index in [9.17, 15) is 14.3 Å².